The van der Waals surface area contributed by atoms with Crippen molar-refractivity contribution in [3.05, 3.63) is 70.5 Å². The second kappa shape index (κ2) is 8.15. The summed E-state index contributed by atoms with van der Waals surface area (Å²) in [4.78, 5) is 29.1. The maximum Gasteiger partial charge on any atom is 0.501 e. The van der Waals surface area contributed by atoms with Crippen LogP contribution >= 0.6 is 0 Å². The van der Waals surface area contributed by atoms with Crippen LogP contribution in [0.4, 0.5) is 13.2 Å². The van der Waals surface area contributed by atoms with Gasteiger partial charge < -0.3 is 10.0 Å². The Balaban J connectivity index is 1.93. The van der Waals surface area contributed by atoms with Crippen molar-refractivity contribution in [2.24, 2.45) is 0 Å². The molecule has 3 aromatic rings. The van der Waals surface area contributed by atoms with Crippen molar-refractivity contribution in [1.82, 2.24) is 19.0 Å². The molecule has 1 amide bonds. The van der Waals surface area contributed by atoms with Crippen LogP contribution in [0.5, 0.6) is 5.88 Å². The van der Waals surface area contributed by atoms with E-state index in [4.69, 9.17) is 0 Å². The number of rotatable bonds is 5. The van der Waals surface area contributed by atoms with Crippen LogP contribution in [0.15, 0.2) is 58.5 Å². The summed E-state index contributed by atoms with van der Waals surface area (Å²) >= 11 is 0. The lowest BCUT2D eigenvalue weighted by atomic mass is 10.2. The monoisotopic (exact) mass is 470 g/mol. The maximum absolute atomic E-state index is 12.7. The lowest BCUT2D eigenvalue weighted by molar-refractivity contribution is -0.0436. The summed E-state index contributed by atoms with van der Waals surface area (Å²) in [6, 6.07) is 6.41. The Morgan fingerprint density at radius 3 is 2.34 bits per heavy atom. The van der Waals surface area contributed by atoms with Crippen LogP contribution in [0.25, 0.3) is 5.69 Å². The number of nitrogens with zero attached hydrogens (tertiary/aromatic N) is 4. The molecule has 0 saturated carbocycles. The fourth-order valence-electron chi connectivity index (χ4n) is 2.86. The topological polar surface area (TPSA) is 114 Å². The number of aromatic hydroxyl groups is 1. The van der Waals surface area contributed by atoms with Crippen molar-refractivity contribution in [2.45, 2.75) is 16.9 Å². The predicted octanol–water partition coefficient (Wildman–Crippen LogP) is 1.78. The highest BCUT2D eigenvalue weighted by Crippen LogP contribution is 2.30. The summed E-state index contributed by atoms with van der Waals surface area (Å²) in [5, 5.41) is 10.2. The van der Waals surface area contributed by atoms with E-state index in [2.05, 4.69) is 4.98 Å². The molecule has 0 unspecified atom stereocenters. The molecular weight excluding hydrogens is 453 g/mol. The number of alkyl halides is 3. The molecule has 13 heteroatoms. The quantitative estimate of drug-likeness (QED) is 0.608. The number of carbonyl (C=O) groups is 1. The van der Waals surface area contributed by atoms with Crippen molar-refractivity contribution in [1.29, 1.82) is 0 Å². The van der Waals surface area contributed by atoms with Gasteiger partial charge in [-0.1, -0.05) is 0 Å². The summed E-state index contributed by atoms with van der Waals surface area (Å²) in [7, 11) is -2.42. The Hall–Kier alpha value is -3.61. The van der Waals surface area contributed by atoms with Gasteiger partial charge in [-0.3, -0.25) is 14.3 Å². The van der Waals surface area contributed by atoms with Gasteiger partial charge in [0, 0.05) is 20.3 Å². The molecule has 2 heterocycles. The molecule has 0 aliphatic heterocycles. The third-order valence-electron chi connectivity index (χ3n) is 4.45. The first-order valence-corrected chi connectivity index (χ1v) is 10.4. The van der Waals surface area contributed by atoms with Gasteiger partial charge in [0.1, 0.15) is 5.69 Å². The van der Waals surface area contributed by atoms with Crippen molar-refractivity contribution in [2.75, 3.05) is 14.1 Å². The van der Waals surface area contributed by atoms with Crippen LogP contribution in [0.2, 0.25) is 0 Å². The summed E-state index contributed by atoms with van der Waals surface area (Å²) in [5.41, 5.74) is -5.53. The van der Waals surface area contributed by atoms with Crippen LogP contribution in [-0.2, 0) is 16.4 Å². The zero-order valence-corrected chi connectivity index (χ0v) is 17.6. The molecule has 0 spiro atoms. The minimum atomic E-state index is -5.54. The average Bonchev–Trinajstić information content (AvgIpc) is 2.99. The average molecular weight is 470 g/mol. The molecule has 9 nitrogen and oxygen atoms in total. The first kappa shape index (κ1) is 23.1. The number of pyridine rings is 1. The lowest BCUT2D eigenvalue weighted by Gasteiger charge is -2.10. The minimum Gasteiger partial charge on any atom is -0.493 e. The lowest BCUT2D eigenvalue weighted by Crippen LogP contribution is -2.25. The van der Waals surface area contributed by atoms with Crippen LogP contribution in [-0.4, -0.2) is 58.1 Å². The minimum absolute atomic E-state index is 0.0316. The van der Waals surface area contributed by atoms with E-state index in [-0.39, 0.29) is 23.8 Å². The van der Waals surface area contributed by atoms with E-state index in [0.29, 0.717) is 17.7 Å². The molecule has 0 atom stereocenters. The normalized spacial score (nSPS) is 12.0. The van der Waals surface area contributed by atoms with E-state index in [1.54, 1.807) is 20.2 Å². The Morgan fingerprint density at radius 1 is 1.16 bits per heavy atom. The van der Waals surface area contributed by atoms with Gasteiger partial charge in [-0.05, 0) is 42.0 Å². The number of benzene rings is 1. The molecule has 0 bridgehead atoms. The van der Waals surface area contributed by atoms with Crippen LogP contribution in [0.3, 0.4) is 0 Å². The highest BCUT2D eigenvalue weighted by Gasteiger charge is 2.46. The zero-order valence-electron chi connectivity index (χ0n) is 16.7. The van der Waals surface area contributed by atoms with E-state index in [0.717, 1.165) is 27.5 Å². The molecule has 0 aliphatic carbocycles. The number of halogens is 3. The summed E-state index contributed by atoms with van der Waals surface area (Å²) in [6.07, 6.45) is 2.50. The first-order valence-electron chi connectivity index (χ1n) is 8.92. The molecule has 1 aromatic carbocycles. The SMILES string of the molecule is CN(C)C(=O)c1cc(Cn2cc(O)n(-c3ccc(S(=O)(=O)C(F)(F)F)cc3)c2=O)ccn1. The zero-order chi connectivity index (χ0) is 23.8. The Labute approximate surface area is 179 Å². The van der Waals surface area contributed by atoms with Crippen LogP contribution in [0, 0.1) is 0 Å². The number of aromatic nitrogens is 3. The molecule has 0 saturated heterocycles. The van der Waals surface area contributed by atoms with Crippen molar-refractivity contribution in [3.8, 4) is 11.6 Å². The molecule has 170 valence electrons. The molecule has 3 rings (SSSR count). The van der Waals surface area contributed by atoms with Gasteiger partial charge in [0.25, 0.3) is 15.7 Å². The highest BCUT2D eigenvalue weighted by atomic mass is 32.2. The van der Waals surface area contributed by atoms with Gasteiger partial charge in [0.15, 0.2) is 0 Å². The van der Waals surface area contributed by atoms with E-state index < -0.39 is 31.8 Å². The third-order valence-corrected chi connectivity index (χ3v) is 5.95. The molecule has 32 heavy (non-hydrogen) atoms. The van der Waals surface area contributed by atoms with Gasteiger partial charge >= 0.3 is 11.2 Å². The largest absolute Gasteiger partial charge is 0.501 e. The van der Waals surface area contributed by atoms with E-state index in [1.807, 2.05) is 0 Å². The number of amides is 1. The van der Waals surface area contributed by atoms with Gasteiger partial charge in [0.05, 0.1) is 23.3 Å². The Bertz CT molecular complexity index is 1330. The standard InChI is InChI=1S/C19H17F3N4O5S/c1-24(2)17(28)15-9-12(7-8-23-15)10-25-11-16(27)26(18(25)29)13-3-5-14(6-4-13)32(30,31)19(20,21)22/h3-9,11,27H,10H2,1-2H3. The second-order valence-corrected chi connectivity index (χ2v) is 8.87. The number of imidazole rings is 1. The van der Waals surface area contributed by atoms with E-state index in [9.17, 15) is 36.3 Å². The Kier molecular flexibility index (Phi) is 5.87. The molecule has 0 radical (unpaired) electrons. The summed E-state index contributed by atoms with van der Waals surface area (Å²) < 4.78 is 63.0. The smallest absolute Gasteiger partial charge is 0.493 e. The fraction of sp³-hybridized carbons (Fsp3) is 0.211. The number of sulfone groups is 1. The van der Waals surface area contributed by atoms with Crippen LogP contribution in [0.1, 0.15) is 16.1 Å². The third kappa shape index (κ3) is 4.23. The van der Waals surface area contributed by atoms with Gasteiger partial charge in [0.2, 0.25) is 5.88 Å². The highest BCUT2D eigenvalue weighted by molar-refractivity contribution is 7.92. The number of hydrogen-bond acceptors (Lipinski definition) is 6. The second-order valence-electron chi connectivity index (χ2n) is 6.93. The van der Waals surface area contributed by atoms with Crippen molar-refractivity contribution >= 4 is 15.7 Å². The number of carbonyl (C=O) groups excluding carboxylic acids is 1. The predicted molar refractivity (Wildman–Crippen MR) is 106 cm³/mol. The van der Waals surface area contributed by atoms with E-state index in [1.165, 1.54) is 17.2 Å². The van der Waals surface area contributed by atoms with Crippen molar-refractivity contribution < 1.29 is 31.5 Å². The molecule has 1 N–H and O–H groups in total. The number of hydrogen-bond donors (Lipinski definition) is 1. The molecular formula is C19H17F3N4O5S. The van der Waals surface area contributed by atoms with Crippen molar-refractivity contribution in [3.63, 3.8) is 0 Å². The Morgan fingerprint density at radius 2 is 1.78 bits per heavy atom. The van der Waals surface area contributed by atoms with E-state index >= 15 is 0 Å². The van der Waals surface area contributed by atoms with Gasteiger partial charge in [-0.15, -0.1) is 0 Å². The van der Waals surface area contributed by atoms with Gasteiger partial charge in [-0.25, -0.2) is 17.8 Å². The molecule has 2 aromatic heterocycles. The maximum atomic E-state index is 12.7. The first-order chi connectivity index (χ1) is 14.8. The molecule has 0 fully saturated rings. The summed E-state index contributed by atoms with van der Waals surface area (Å²) in [5.74, 6) is -0.853. The summed E-state index contributed by atoms with van der Waals surface area (Å²) in [6.45, 7) is -0.0316. The fourth-order valence-corrected chi connectivity index (χ4v) is 3.62. The molecule has 0 aliphatic rings. The van der Waals surface area contributed by atoms with Gasteiger partial charge in [-0.2, -0.15) is 13.2 Å². The van der Waals surface area contributed by atoms with Crippen LogP contribution < -0.4 is 5.69 Å².